The van der Waals surface area contributed by atoms with Crippen molar-refractivity contribution in [3.05, 3.63) is 11.9 Å². The molecular weight excluding hydrogens is 238 g/mol. The Kier molecular flexibility index (Phi) is 4.96. The first kappa shape index (κ1) is 14.1. The van der Waals surface area contributed by atoms with E-state index in [-0.39, 0.29) is 0 Å². The molecule has 0 radical (unpaired) electrons. The Morgan fingerprint density at radius 3 is 2.68 bits per heavy atom. The zero-order valence-electron chi connectivity index (χ0n) is 11.9. The summed E-state index contributed by atoms with van der Waals surface area (Å²) in [6.07, 6.45) is 6.07. The quantitative estimate of drug-likeness (QED) is 0.734. The Morgan fingerprint density at radius 2 is 2.00 bits per heavy atom. The van der Waals surface area contributed by atoms with E-state index in [1.54, 1.807) is 0 Å². The minimum atomic E-state index is 0.332. The first-order valence-corrected chi connectivity index (χ1v) is 7.26. The lowest BCUT2D eigenvalue weighted by Gasteiger charge is -2.17. The van der Waals surface area contributed by atoms with Crippen LogP contribution in [0.5, 0.6) is 0 Å². The van der Waals surface area contributed by atoms with Crippen molar-refractivity contribution in [1.29, 1.82) is 0 Å². The molecule has 0 saturated heterocycles. The van der Waals surface area contributed by atoms with Gasteiger partial charge in [-0.25, -0.2) is 9.97 Å². The summed E-state index contributed by atoms with van der Waals surface area (Å²) in [6.45, 7) is 4.73. The van der Waals surface area contributed by atoms with Gasteiger partial charge in [-0.05, 0) is 39.7 Å². The summed E-state index contributed by atoms with van der Waals surface area (Å²) in [7, 11) is 0. The highest BCUT2D eigenvalue weighted by Crippen LogP contribution is 2.22. The summed E-state index contributed by atoms with van der Waals surface area (Å²) in [4.78, 5) is 8.89. The lowest BCUT2D eigenvalue weighted by molar-refractivity contribution is 0.711. The molecule has 1 aliphatic carbocycles. The summed E-state index contributed by atoms with van der Waals surface area (Å²) in [5, 5.41) is 6.89. The molecule has 5 heteroatoms. The van der Waals surface area contributed by atoms with Gasteiger partial charge in [-0.3, -0.25) is 0 Å². The molecule has 0 amide bonds. The van der Waals surface area contributed by atoms with Crippen molar-refractivity contribution in [1.82, 2.24) is 9.97 Å². The van der Waals surface area contributed by atoms with Crippen LogP contribution in [0, 0.1) is 6.92 Å². The van der Waals surface area contributed by atoms with Gasteiger partial charge in [0.25, 0.3) is 0 Å². The van der Waals surface area contributed by atoms with Crippen molar-refractivity contribution in [2.45, 2.75) is 58.0 Å². The molecule has 1 aliphatic rings. The molecule has 1 heterocycles. The van der Waals surface area contributed by atoms with Gasteiger partial charge in [-0.15, -0.1) is 0 Å². The molecule has 1 unspecified atom stereocenters. The number of aromatic nitrogens is 2. The van der Waals surface area contributed by atoms with Crippen LogP contribution in [-0.4, -0.2) is 28.6 Å². The minimum Gasteiger partial charge on any atom is -0.367 e. The number of hydrogen-bond donors (Lipinski definition) is 3. The Balaban J connectivity index is 2.01. The number of anilines is 2. The maximum atomic E-state index is 5.57. The van der Waals surface area contributed by atoms with Gasteiger partial charge in [0.2, 0.25) is 0 Å². The fourth-order valence-corrected chi connectivity index (χ4v) is 2.57. The summed E-state index contributed by atoms with van der Waals surface area (Å²) >= 11 is 0. The monoisotopic (exact) mass is 263 g/mol. The van der Waals surface area contributed by atoms with Crippen LogP contribution >= 0.6 is 0 Å². The fourth-order valence-electron chi connectivity index (χ4n) is 2.57. The number of nitrogens with zero attached hydrogens (tertiary/aromatic N) is 2. The number of nitrogens with one attached hydrogen (secondary N) is 2. The Labute approximate surface area is 115 Å². The van der Waals surface area contributed by atoms with Gasteiger partial charge >= 0.3 is 0 Å². The molecule has 106 valence electrons. The zero-order chi connectivity index (χ0) is 13.7. The number of rotatable bonds is 6. The zero-order valence-corrected chi connectivity index (χ0v) is 11.9. The van der Waals surface area contributed by atoms with Crippen LogP contribution in [0.15, 0.2) is 6.07 Å². The Bertz CT molecular complexity index is 401. The van der Waals surface area contributed by atoms with E-state index in [0.717, 1.165) is 23.9 Å². The first-order chi connectivity index (χ1) is 9.17. The fraction of sp³-hybridized carbons (Fsp3) is 0.714. The van der Waals surface area contributed by atoms with Crippen molar-refractivity contribution in [2.24, 2.45) is 5.73 Å². The third kappa shape index (κ3) is 4.35. The summed E-state index contributed by atoms with van der Waals surface area (Å²) in [5.74, 6) is 2.61. The average molecular weight is 263 g/mol. The van der Waals surface area contributed by atoms with Crippen LogP contribution < -0.4 is 16.4 Å². The van der Waals surface area contributed by atoms with Crippen LogP contribution in [0.1, 0.15) is 44.9 Å². The maximum absolute atomic E-state index is 5.57. The van der Waals surface area contributed by atoms with E-state index >= 15 is 0 Å². The van der Waals surface area contributed by atoms with Crippen molar-refractivity contribution in [3.63, 3.8) is 0 Å². The largest absolute Gasteiger partial charge is 0.367 e. The highest BCUT2D eigenvalue weighted by molar-refractivity contribution is 5.48. The number of nitrogens with two attached hydrogens (primary N) is 1. The molecule has 5 nitrogen and oxygen atoms in total. The van der Waals surface area contributed by atoms with Gasteiger partial charge in [0.15, 0.2) is 0 Å². The normalized spacial score (nSPS) is 17.4. The second-order valence-electron chi connectivity index (χ2n) is 5.43. The van der Waals surface area contributed by atoms with Crippen LogP contribution in [0.4, 0.5) is 11.6 Å². The molecule has 1 aromatic heterocycles. The molecule has 1 saturated carbocycles. The molecule has 1 atom stereocenters. The van der Waals surface area contributed by atoms with E-state index < -0.39 is 0 Å². The van der Waals surface area contributed by atoms with E-state index in [4.69, 9.17) is 5.73 Å². The predicted molar refractivity (Wildman–Crippen MR) is 79.4 cm³/mol. The number of hydrogen-bond acceptors (Lipinski definition) is 5. The highest BCUT2D eigenvalue weighted by Gasteiger charge is 2.15. The van der Waals surface area contributed by atoms with Crippen LogP contribution in [0.2, 0.25) is 0 Å². The molecule has 2 rings (SSSR count). The van der Waals surface area contributed by atoms with E-state index in [9.17, 15) is 0 Å². The molecule has 0 spiro atoms. The van der Waals surface area contributed by atoms with Gasteiger partial charge in [0.1, 0.15) is 17.5 Å². The third-order valence-corrected chi connectivity index (χ3v) is 3.54. The third-order valence-electron chi connectivity index (χ3n) is 3.54. The van der Waals surface area contributed by atoms with E-state index in [0.29, 0.717) is 18.6 Å². The van der Waals surface area contributed by atoms with Gasteiger partial charge in [0, 0.05) is 18.2 Å². The van der Waals surface area contributed by atoms with Crippen molar-refractivity contribution in [2.75, 3.05) is 17.2 Å². The molecule has 4 N–H and O–H groups in total. The van der Waals surface area contributed by atoms with Gasteiger partial charge in [-0.2, -0.15) is 0 Å². The van der Waals surface area contributed by atoms with E-state index in [1.165, 1.54) is 25.7 Å². The molecule has 1 fully saturated rings. The van der Waals surface area contributed by atoms with E-state index in [2.05, 4.69) is 27.5 Å². The lowest BCUT2D eigenvalue weighted by atomic mass is 10.2. The summed E-state index contributed by atoms with van der Waals surface area (Å²) in [6, 6.07) is 2.90. The number of aryl methyl sites for hydroxylation is 1. The van der Waals surface area contributed by atoms with Gasteiger partial charge in [-0.1, -0.05) is 12.8 Å². The van der Waals surface area contributed by atoms with Crippen LogP contribution in [0.3, 0.4) is 0 Å². The minimum absolute atomic E-state index is 0.332. The summed E-state index contributed by atoms with van der Waals surface area (Å²) in [5.41, 5.74) is 5.57. The van der Waals surface area contributed by atoms with Crippen molar-refractivity contribution >= 4 is 11.6 Å². The summed E-state index contributed by atoms with van der Waals surface area (Å²) < 4.78 is 0. The first-order valence-electron chi connectivity index (χ1n) is 7.26. The second-order valence-corrected chi connectivity index (χ2v) is 5.43. The Hall–Kier alpha value is -1.36. The average Bonchev–Trinajstić information content (AvgIpc) is 2.81. The van der Waals surface area contributed by atoms with Crippen molar-refractivity contribution < 1.29 is 0 Å². The lowest BCUT2D eigenvalue weighted by Crippen LogP contribution is -2.21. The van der Waals surface area contributed by atoms with Gasteiger partial charge < -0.3 is 16.4 Å². The molecule has 0 aromatic carbocycles. The molecular formula is C14H25N5. The standard InChI is InChI=1S/C14H25N5/c1-10(7-8-15)16-13-9-14(18-11(2)17-13)19-12-5-3-4-6-12/h9-10,12H,3-8,15H2,1-2H3,(H2,16,17,18,19). The molecule has 0 aliphatic heterocycles. The molecule has 1 aromatic rings. The smallest absolute Gasteiger partial charge is 0.132 e. The van der Waals surface area contributed by atoms with E-state index in [1.807, 2.05) is 13.0 Å². The Morgan fingerprint density at radius 1 is 1.32 bits per heavy atom. The SMILES string of the molecule is Cc1nc(NC(C)CCN)cc(NC2CCCC2)n1. The maximum Gasteiger partial charge on any atom is 0.132 e. The molecule has 0 bridgehead atoms. The molecule has 19 heavy (non-hydrogen) atoms. The highest BCUT2D eigenvalue weighted by atomic mass is 15.1. The van der Waals surface area contributed by atoms with Crippen LogP contribution in [0.25, 0.3) is 0 Å². The second kappa shape index (κ2) is 6.70. The topological polar surface area (TPSA) is 75.9 Å². The van der Waals surface area contributed by atoms with Crippen molar-refractivity contribution in [3.8, 4) is 0 Å². The predicted octanol–water partition coefficient (Wildman–Crippen LogP) is 2.29. The van der Waals surface area contributed by atoms with Gasteiger partial charge in [0.05, 0.1) is 0 Å². The van der Waals surface area contributed by atoms with Crippen LogP contribution in [-0.2, 0) is 0 Å².